The molecule has 0 atom stereocenters. The molecule has 0 aromatic rings. The third kappa shape index (κ3) is 3.13. The molecule has 3 nitrogen and oxygen atoms in total. The molecule has 0 saturated carbocycles. The first-order valence-electron chi connectivity index (χ1n) is 4.31. The van der Waals surface area contributed by atoms with E-state index in [9.17, 15) is 4.79 Å². The Bertz CT molecular complexity index is 242. The van der Waals surface area contributed by atoms with Gasteiger partial charge < -0.3 is 9.64 Å². The lowest BCUT2D eigenvalue weighted by Gasteiger charge is -2.24. The van der Waals surface area contributed by atoms with Crippen LogP contribution in [0.15, 0.2) is 11.5 Å². The largest absolute Gasteiger partial charge is 0.444 e. The van der Waals surface area contributed by atoms with E-state index >= 15 is 0 Å². The molecule has 0 aliphatic carbocycles. The van der Waals surface area contributed by atoms with Crippen LogP contribution in [0.2, 0.25) is 0 Å². The van der Waals surface area contributed by atoms with Gasteiger partial charge in [0.2, 0.25) is 0 Å². The molecule has 4 heteroatoms. The molecule has 0 N–H and O–H groups in total. The van der Waals surface area contributed by atoms with E-state index in [-0.39, 0.29) is 6.09 Å². The van der Waals surface area contributed by atoms with Crippen LogP contribution in [0, 0.1) is 0 Å². The predicted molar refractivity (Wildman–Crippen MR) is 51.6 cm³/mol. The van der Waals surface area contributed by atoms with Gasteiger partial charge in [0.1, 0.15) is 13.4 Å². The highest BCUT2D eigenvalue weighted by molar-refractivity contribution is 6.22. The normalized spacial score (nSPS) is 17.2. The second-order valence-corrected chi connectivity index (χ2v) is 4.14. The molecule has 13 heavy (non-hydrogen) atoms. The number of carbonyl (C=O) groups excluding carboxylic acids is 1. The van der Waals surface area contributed by atoms with Crippen molar-refractivity contribution in [2.45, 2.75) is 26.4 Å². The fourth-order valence-electron chi connectivity index (χ4n) is 1.04. The van der Waals surface area contributed by atoms with Gasteiger partial charge in [0.25, 0.3) is 0 Å². The smallest absolute Gasteiger partial charge is 0.410 e. The lowest BCUT2D eigenvalue weighted by molar-refractivity contribution is 0.0303. The summed E-state index contributed by atoms with van der Waals surface area (Å²) in [6.07, 6.45) is 1.52. The summed E-state index contributed by atoms with van der Waals surface area (Å²) in [6.45, 7) is 6.57. The van der Waals surface area contributed by atoms with Crippen molar-refractivity contribution in [1.82, 2.24) is 4.90 Å². The highest BCUT2D eigenvalue weighted by atomic mass is 16.6. The maximum Gasteiger partial charge on any atom is 0.410 e. The van der Waals surface area contributed by atoms with Crippen LogP contribution in [-0.2, 0) is 4.74 Å². The van der Waals surface area contributed by atoms with E-state index in [0.29, 0.717) is 13.1 Å². The van der Waals surface area contributed by atoms with Crippen molar-refractivity contribution in [2.75, 3.05) is 13.1 Å². The molecule has 1 heterocycles. The third-order valence-corrected chi connectivity index (χ3v) is 1.60. The summed E-state index contributed by atoms with van der Waals surface area (Å²) in [4.78, 5) is 13.0. The first-order valence-corrected chi connectivity index (χ1v) is 4.31. The Labute approximate surface area is 80.2 Å². The number of carbonyl (C=O) groups is 1. The van der Waals surface area contributed by atoms with Crippen molar-refractivity contribution in [2.24, 2.45) is 0 Å². The maximum absolute atomic E-state index is 11.4. The van der Waals surface area contributed by atoms with Crippen molar-refractivity contribution in [3.05, 3.63) is 11.5 Å². The van der Waals surface area contributed by atoms with Crippen molar-refractivity contribution >= 4 is 13.9 Å². The topological polar surface area (TPSA) is 29.5 Å². The van der Waals surface area contributed by atoms with Crippen LogP contribution in [-0.4, -0.2) is 37.5 Å². The number of amides is 1. The molecule has 0 bridgehead atoms. The maximum atomic E-state index is 11.4. The summed E-state index contributed by atoms with van der Waals surface area (Å²) in [7, 11) is 5.54. The molecule has 0 aromatic carbocycles. The quantitative estimate of drug-likeness (QED) is 0.524. The summed E-state index contributed by atoms with van der Waals surface area (Å²) in [5.74, 6) is 0. The SMILES string of the molecule is [B]C1=CCN(C(=O)OC(C)(C)C)C1. The minimum absolute atomic E-state index is 0.302. The summed E-state index contributed by atoms with van der Waals surface area (Å²) < 4.78 is 5.17. The zero-order chi connectivity index (χ0) is 10.1. The van der Waals surface area contributed by atoms with E-state index in [0.717, 1.165) is 5.47 Å². The molecule has 70 valence electrons. The second-order valence-electron chi connectivity index (χ2n) is 4.14. The monoisotopic (exact) mass is 179 g/mol. The van der Waals surface area contributed by atoms with Gasteiger partial charge >= 0.3 is 6.09 Å². The van der Waals surface area contributed by atoms with Crippen LogP contribution in [0.1, 0.15) is 20.8 Å². The fraction of sp³-hybridized carbons (Fsp3) is 0.667. The highest BCUT2D eigenvalue weighted by Crippen LogP contribution is 2.13. The van der Waals surface area contributed by atoms with E-state index in [2.05, 4.69) is 0 Å². The fourth-order valence-corrected chi connectivity index (χ4v) is 1.04. The van der Waals surface area contributed by atoms with Crippen LogP contribution in [0.5, 0.6) is 0 Å². The predicted octanol–water partition coefficient (Wildman–Crippen LogP) is 1.29. The summed E-state index contributed by atoms with van der Waals surface area (Å²) in [5, 5.41) is 0. The number of ether oxygens (including phenoxy) is 1. The molecular weight excluding hydrogens is 165 g/mol. The highest BCUT2D eigenvalue weighted by Gasteiger charge is 2.23. The van der Waals surface area contributed by atoms with Gasteiger partial charge in [0.05, 0.1) is 0 Å². The van der Waals surface area contributed by atoms with Gasteiger partial charge in [0.15, 0.2) is 0 Å². The molecule has 2 radical (unpaired) electrons. The number of hydrogen-bond donors (Lipinski definition) is 0. The lowest BCUT2D eigenvalue weighted by Crippen LogP contribution is -2.35. The minimum atomic E-state index is -0.436. The van der Waals surface area contributed by atoms with Crippen LogP contribution < -0.4 is 0 Å². The van der Waals surface area contributed by atoms with Crippen LogP contribution in [0.3, 0.4) is 0 Å². The van der Waals surface area contributed by atoms with Crippen molar-refractivity contribution in [3.63, 3.8) is 0 Å². The zero-order valence-electron chi connectivity index (χ0n) is 8.33. The van der Waals surface area contributed by atoms with Gasteiger partial charge in [0, 0.05) is 13.1 Å². The molecule has 0 aromatic heterocycles. The van der Waals surface area contributed by atoms with E-state index in [4.69, 9.17) is 12.6 Å². The van der Waals surface area contributed by atoms with E-state index < -0.39 is 5.60 Å². The lowest BCUT2D eigenvalue weighted by atomic mass is 9.97. The molecule has 0 fully saturated rings. The van der Waals surface area contributed by atoms with Crippen molar-refractivity contribution in [3.8, 4) is 0 Å². The first-order chi connectivity index (χ1) is 5.88. The van der Waals surface area contributed by atoms with Crippen LogP contribution >= 0.6 is 0 Å². The second kappa shape index (κ2) is 3.44. The third-order valence-electron chi connectivity index (χ3n) is 1.60. The van der Waals surface area contributed by atoms with Gasteiger partial charge in [-0.3, -0.25) is 0 Å². The van der Waals surface area contributed by atoms with E-state index in [1.54, 1.807) is 4.90 Å². The number of rotatable bonds is 0. The molecule has 0 spiro atoms. The molecule has 1 aliphatic heterocycles. The molecule has 1 amide bonds. The average Bonchev–Trinajstić information content (AvgIpc) is 2.31. The van der Waals surface area contributed by atoms with Gasteiger partial charge in [-0.05, 0) is 20.8 Å². The number of hydrogen-bond acceptors (Lipinski definition) is 2. The Morgan fingerprint density at radius 1 is 1.62 bits per heavy atom. The van der Waals surface area contributed by atoms with Gasteiger partial charge in [-0.2, -0.15) is 0 Å². The summed E-state index contributed by atoms with van der Waals surface area (Å²) >= 11 is 0. The summed E-state index contributed by atoms with van der Waals surface area (Å²) in [5.41, 5.74) is 0.292. The van der Waals surface area contributed by atoms with E-state index in [1.807, 2.05) is 26.8 Å². The minimum Gasteiger partial charge on any atom is -0.444 e. The van der Waals surface area contributed by atoms with Gasteiger partial charge in [-0.1, -0.05) is 6.08 Å². The zero-order valence-corrected chi connectivity index (χ0v) is 8.33. The van der Waals surface area contributed by atoms with Gasteiger partial charge in [-0.25, -0.2) is 4.79 Å². The Morgan fingerprint density at radius 2 is 2.23 bits per heavy atom. The van der Waals surface area contributed by atoms with Crippen molar-refractivity contribution in [1.29, 1.82) is 0 Å². The molecule has 0 saturated heterocycles. The first kappa shape index (κ1) is 10.2. The molecule has 1 rings (SSSR count). The number of nitrogens with zero attached hydrogens (tertiary/aromatic N) is 1. The average molecular weight is 179 g/mol. The Morgan fingerprint density at radius 3 is 2.62 bits per heavy atom. The summed E-state index contributed by atoms with van der Waals surface area (Å²) in [6, 6.07) is 0. The Kier molecular flexibility index (Phi) is 2.69. The van der Waals surface area contributed by atoms with E-state index in [1.165, 1.54) is 0 Å². The molecular formula is C9H14BNO2. The molecule has 0 unspecified atom stereocenters. The molecule has 1 aliphatic rings. The van der Waals surface area contributed by atoms with Crippen LogP contribution in [0.25, 0.3) is 0 Å². The van der Waals surface area contributed by atoms with Crippen molar-refractivity contribution < 1.29 is 9.53 Å². The standard InChI is InChI=1S/C9H14BNO2/c1-9(2,3)13-8(12)11-5-4-7(10)6-11/h4H,5-6H2,1-3H3. The van der Waals surface area contributed by atoms with Crippen LogP contribution in [0.4, 0.5) is 4.79 Å². The Balaban J connectivity index is 2.43. The Hall–Kier alpha value is -0.925. The van der Waals surface area contributed by atoms with Gasteiger partial charge in [-0.15, -0.1) is 5.47 Å².